The van der Waals surface area contributed by atoms with Crippen molar-refractivity contribution in [3.63, 3.8) is 0 Å². The van der Waals surface area contributed by atoms with Gasteiger partial charge in [0, 0.05) is 18.6 Å². The SMILES string of the molecule is O=C(O)NC1COCCC1(O)c1ccc(C(F)(F)F)cc1F. The predicted octanol–water partition coefficient (Wildman–Crippen LogP) is 2.09. The van der Waals surface area contributed by atoms with Crippen LogP contribution in [0.4, 0.5) is 22.4 Å². The van der Waals surface area contributed by atoms with Gasteiger partial charge in [-0.2, -0.15) is 13.2 Å². The zero-order chi connectivity index (χ0) is 16.5. The smallest absolute Gasteiger partial charge is 0.416 e. The molecule has 1 aromatic carbocycles. The Morgan fingerprint density at radius 3 is 2.64 bits per heavy atom. The van der Waals surface area contributed by atoms with Crippen LogP contribution in [0, 0.1) is 5.82 Å². The molecular weight excluding hydrogens is 310 g/mol. The van der Waals surface area contributed by atoms with Crippen LogP contribution < -0.4 is 5.32 Å². The summed E-state index contributed by atoms with van der Waals surface area (Å²) in [4.78, 5) is 10.7. The Morgan fingerprint density at radius 2 is 2.09 bits per heavy atom. The van der Waals surface area contributed by atoms with E-state index < -0.39 is 40.9 Å². The first-order chi connectivity index (χ1) is 10.1. The van der Waals surface area contributed by atoms with Crippen molar-refractivity contribution in [2.45, 2.75) is 24.2 Å². The molecule has 0 aliphatic carbocycles. The van der Waals surface area contributed by atoms with E-state index in [0.717, 1.165) is 6.07 Å². The lowest BCUT2D eigenvalue weighted by Crippen LogP contribution is -2.56. The molecule has 0 aromatic heterocycles. The molecule has 122 valence electrons. The number of benzene rings is 1. The maximum atomic E-state index is 14.0. The summed E-state index contributed by atoms with van der Waals surface area (Å²) < 4.78 is 56.7. The number of halogens is 4. The molecule has 2 atom stereocenters. The Bertz CT molecular complexity index is 578. The molecule has 22 heavy (non-hydrogen) atoms. The van der Waals surface area contributed by atoms with E-state index in [0.29, 0.717) is 6.07 Å². The van der Waals surface area contributed by atoms with Crippen LogP contribution in [0.3, 0.4) is 0 Å². The lowest BCUT2D eigenvalue weighted by atomic mass is 9.82. The van der Waals surface area contributed by atoms with Gasteiger partial charge in [-0.25, -0.2) is 9.18 Å². The molecule has 5 nitrogen and oxygen atoms in total. The Hall–Kier alpha value is -1.87. The summed E-state index contributed by atoms with van der Waals surface area (Å²) in [5, 5.41) is 21.3. The zero-order valence-corrected chi connectivity index (χ0v) is 11.2. The number of carboxylic acid groups (broad SMARTS) is 1. The summed E-state index contributed by atoms with van der Waals surface area (Å²) in [6, 6.07) is 0.551. The first-order valence-corrected chi connectivity index (χ1v) is 6.31. The summed E-state index contributed by atoms with van der Waals surface area (Å²) in [5.41, 5.74) is -3.57. The number of nitrogens with one attached hydrogen (secondary N) is 1. The van der Waals surface area contributed by atoms with Crippen LogP contribution in [0.5, 0.6) is 0 Å². The molecule has 3 N–H and O–H groups in total. The Morgan fingerprint density at radius 1 is 1.41 bits per heavy atom. The van der Waals surface area contributed by atoms with Crippen molar-refractivity contribution in [3.8, 4) is 0 Å². The van der Waals surface area contributed by atoms with Crippen LogP contribution in [-0.4, -0.2) is 35.6 Å². The topological polar surface area (TPSA) is 78.8 Å². The highest BCUT2D eigenvalue weighted by Gasteiger charge is 2.44. The molecule has 0 saturated carbocycles. The van der Waals surface area contributed by atoms with E-state index in [1.807, 2.05) is 5.32 Å². The fourth-order valence-electron chi connectivity index (χ4n) is 2.42. The third-order valence-corrected chi connectivity index (χ3v) is 3.55. The maximum absolute atomic E-state index is 14.0. The minimum atomic E-state index is -4.71. The van der Waals surface area contributed by atoms with E-state index in [-0.39, 0.29) is 25.7 Å². The highest BCUT2D eigenvalue weighted by atomic mass is 19.4. The molecule has 0 spiro atoms. The summed E-state index contributed by atoms with van der Waals surface area (Å²) in [6.45, 7) is -0.196. The van der Waals surface area contributed by atoms with Crippen molar-refractivity contribution in [1.29, 1.82) is 0 Å². The third kappa shape index (κ3) is 3.14. The van der Waals surface area contributed by atoms with E-state index in [9.17, 15) is 27.5 Å². The largest absolute Gasteiger partial charge is 0.465 e. The van der Waals surface area contributed by atoms with E-state index in [1.54, 1.807) is 0 Å². The van der Waals surface area contributed by atoms with Crippen LogP contribution in [0.1, 0.15) is 17.5 Å². The third-order valence-electron chi connectivity index (χ3n) is 3.55. The quantitative estimate of drug-likeness (QED) is 0.728. The van der Waals surface area contributed by atoms with Crippen LogP contribution in [-0.2, 0) is 16.5 Å². The van der Waals surface area contributed by atoms with Gasteiger partial charge in [0.05, 0.1) is 18.2 Å². The molecule has 1 fully saturated rings. The first-order valence-electron chi connectivity index (χ1n) is 6.31. The number of hydrogen-bond donors (Lipinski definition) is 3. The van der Waals surface area contributed by atoms with Gasteiger partial charge in [-0.3, -0.25) is 0 Å². The lowest BCUT2D eigenvalue weighted by Gasteiger charge is -2.40. The normalized spacial score (nSPS) is 25.8. The van der Waals surface area contributed by atoms with E-state index in [4.69, 9.17) is 9.84 Å². The highest BCUT2D eigenvalue weighted by molar-refractivity contribution is 5.65. The number of amides is 1. The average molecular weight is 323 g/mol. The Balaban J connectivity index is 2.41. The van der Waals surface area contributed by atoms with Crippen molar-refractivity contribution in [3.05, 3.63) is 35.1 Å². The predicted molar refractivity (Wildman–Crippen MR) is 65.7 cm³/mol. The number of aliphatic hydroxyl groups is 1. The average Bonchev–Trinajstić information content (AvgIpc) is 2.39. The molecule has 1 aliphatic rings. The van der Waals surface area contributed by atoms with Crippen LogP contribution in [0.2, 0.25) is 0 Å². The van der Waals surface area contributed by atoms with Crippen LogP contribution in [0.25, 0.3) is 0 Å². The molecule has 1 amide bonds. The van der Waals surface area contributed by atoms with Gasteiger partial charge in [0.1, 0.15) is 11.4 Å². The van der Waals surface area contributed by atoms with Crippen molar-refractivity contribution in [1.82, 2.24) is 5.32 Å². The van der Waals surface area contributed by atoms with Gasteiger partial charge in [-0.1, -0.05) is 6.07 Å². The first kappa shape index (κ1) is 16.5. The molecular formula is C13H13F4NO4. The van der Waals surface area contributed by atoms with E-state index in [2.05, 4.69) is 0 Å². The second-order valence-corrected chi connectivity index (χ2v) is 4.94. The molecule has 1 aliphatic heterocycles. The van der Waals surface area contributed by atoms with Gasteiger partial charge in [0.15, 0.2) is 0 Å². The summed E-state index contributed by atoms with van der Waals surface area (Å²) in [7, 11) is 0. The summed E-state index contributed by atoms with van der Waals surface area (Å²) in [6.07, 6.45) is -6.32. The second-order valence-electron chi connectivity index (χ2n) is 4.94. The number of rotatable bonds is 2. The minimum Gasteiger partial charge on any atom is -0.465 e. The molecule has 0 radical (unpaired) electrons. The molecule has 1 heterocycles. The van der Waals surface area contributed by atoms with Gasteiger partial charge in [-0.05, 0) is 12.1 Å². The van der Waals surface area contributed by atoms with Gasteiger partial charge in [0.25, 0.3) is 0 Å². The van der Waals surface area contributed by atoms with Crippen LogP contribution in [0.15, 0.2) is 18.2 Å². The molecule has 9 heteroatoms. The minimum absolute atomic E-state index is 0.0226. The molecule has 0 bridgehead atoms. The Kier molecular flexibility index (Phi) is 4.30. The second kappa shape index (κ2) is 5.73. The van der Waals surface area contributed by atoms with Gasteiger partial charge >= 0.3 is 12.3 Å². The van der Waals surface area contributed by atoms with Gasteiger partial charge in [0.2, 0.25) is 0 Å². The summed E-state index contributed by atoms with van der Waals surface area (Å²) >= 11 is 0. The number of ether oxygens (including phenoxy) is 1. The number of hydrogen-bond acceptors (Lipinski definition) is 3. The molecule has 1 saturated heterocycles. The monoisotopic (exact) mass is 323 g/mol. The van der Waals surface area contributed by atoms with Crippen LogP contribution >= 0.6 is 0 Å². The van der Waals surface area contributed by atoms with Crippen molar-refractivity contribution in [2.75, 3.05) is 13.2 Å². The van der Waals surface area contributed by atoms with Crippen molar-refractivity contribution < 1.29 is 37.3 Å². The van der Waals surface area contributed by atoms with E-state index in [1.165, 1.54) is 0 Å². The van der Waals surface area contributed by atoms with Gasteiger partial charge in [-0.15, -0.1) is 0 Å². The lowest BCUT2D eigenvalue weighted by molar-refractivity contribution is -0.138. The van der Waals surface area contributed by atoms with Crippen molar-refractivity contribution in [2.24, 2.45) is 0 Å². The van der Waals surface area contributed by atoms with E-state index >= 15 is 0 Å². The number of carbonyl (C=O) groups is 1. The fourth-order valence-corrected chi connectivity index (χ4v) is 2.42. The Labute approximate surface area is 122 Å². The molecule has 2 rings (SSSR count). The fraction of sp³-hybridized carbons (Fsp3) is 0.462. The number of alkyl halides is 3. The molecule has 1 aromatic rings. The van der Waals surface area contributed by atoms with Crippen molar-refractivity contribution >= 4 is 6.09 Å². The maximum Gasteiger partial charge on any atom is 0.416 e. The summed E-state index contributed by atoms with van der Waals surface area (Å²) in [5.74, 6) is -1.25. The highest BCUT2D eigenvalue weighted by Crippen LogP contribution is 2.37. The zero-order valence-electron chi connectivity index (χ0n) is 11.2. The van der Waals surface area contributed by atoms with Gasteiger partial charge < -0.3 is 20.3 Å². The molecule has 2 unspecified atom stereocenters. The standard InChI is InChI=1S/C13H13F4NO4/c14-9-5-7(13(15,16)17)1-2-8(9)12(21)3-4-22-6-10(12)18-11(19)20/h1-2,5,10,18,21H,3-4,6H2,(H,19,20).